The molecule has 0 aliphatic heterocycles. The molecule has 0 radical (unpaired) electrons. The molecule has 0 fully saturated rings. The third-order valence-corrected chi connectivity index (χ3v) is 4.07. The number of carbonyl (C=O) groups excluding carboxylic acids is 1. The summed E-state index contributed by atoms with van der Waals surface area (Å²) in [6.45, 7) is 3.98. The summed E-state index contributed by atoms with van der Waals surface area (Å²) in [7, 11) is -4.79. The van der Waals surface area contributed by atoms with Gasteiger partial charge < -0.3 is 9.84 Å². The maximum atomic E-state index is 11.6. The van der Waals surface area contributed by atoms with E-state index < -0.39 is 33.7 Å². The zero-order valence-corrected chi connectivity index (χ0v) is 12.6. The second-order valence-corrected chi connectivity index (χ2v) is 6.25. The summed E-state index contributed by atoms with van der Waals surface area (Å²) in [5.41, 5.74) is 0. The molecule has 0 aromatic rings. The average Bonchev–Trinajstić information content (AvgIpc) is 2.34. The molecule has 0 amide bonds. The molecule has 0 bridgehead atoms. The van der Waals surface area contributed by atoms with Crippen LogP contribution in [0.2, 0.25) is 0 Å². The van der Waals surface area contributed by atoms with Gasteiger partial charge in [0.2, 0.25) is 0 Å². The quantitative estimate of drug-likeness (QED) is 0.340. The standard InChI is InChI=1S/C12H22O7S.K.H/c1-3-5-6-9(4-2)8-19-12(15)10(7-11(13)14)20(16,17)18;;/h9-10H,3-8H2,1-2H3,(H,13,14)(H,16,17,18);;. The minimum atomic E-state index is -4.79. The number of carbonyl (C=O) groups is 2. The first-order valence-corrected chi connectivity index (χ1v) is 8.07. The molecule has 0 aliphatic carbocycles. The van der Waals surface area contributed by atoms with Crippen LogP contribution in [0.15, 0.2) is 0 Å². The molecule has 9 heteroatoms. The van der Waals surface area contributed by atoms with E-state index in [0.29, 0.717) is 0 Å². The fourth-order valence-electron chi connectivity index (χ4n) is 1.66. The molecule has 0 heterocycles. The molecular formula is C12H23KO7S. The van der Waals surface area contributed by atoms with Crippen LogP contribution in [-0.4, -0.2) is 93.3 Å². The molecule has 2 atom stereocenters. The summed E-state index contributed by atoms with van der Waals surface area (Å²) in [4.78, 5) is 22.1. The van der Waals surface area contributed by atoms with Gasteiger partial charge in [0.1, 0.15) is 0 Å². The Bertz CT molecular complexity index is 421. The fraction of sp³-hybridized carbons (Fsp3) is 0.833. The number of hydrogen-bond donors (Lipinski definition) is 2. The van der Waals surface area contributed by atoms with Crippen molar-refractivity contribution in [2.45, 2.75) is 51.2 Å². The first-order valence-electron chi connectivity index (χ1n) is 6.57. The Hall–Kier alpha value is 0.486. The van der Waals surface area contributed by atoms with Gasteiger partial charge in [-0.15, -0.1) is 0 Å². The third kappa shape index (κ3) is 10.8. The van der Waals surface area contributed by atoms with Crippen LogP contribution >= 0.6 is 0 Å². The van der Waals surface area contributed by atoms with E-state index in [1.807, 2.05) is 13.8 Å². The first kappa shape index (κ1) is 23.7. The molecule has 2 N–H and O–H groups in total. The Morgan fingerprint density at radius 2 is 1.81 bits per heavy atom. The summed E-state index contributed by atoms with van der Waals surface area (Å²) in [6.07, 6.45) is 2.56. The summed E-state index contributed by atoms with van der Waals surface area (Å²) in [5.74, 6) is -2.61. The second kappa shape index (κ2) is 12.0. The maximum absolute atomic E-state index is 11.6. The van der Waals surface area contributed by atoms with E-state index in [0.717, 1.165) is 25.7 Å². The van der Waals surface area contributed by atoms with Gasteiger partial charge >= 0.3 is 63.3 Å². The zero-order valence-electron chi connectivity index (χ0n) is 11.7. The summed E-state index contributed by atoms with van der Waals surface area (Å²) in [6, 6.07) is 0. The number of rotatable bonds is 10. The van der Waals surface area contributed by atoms with E-state index in [9.17, 15) is 18.0 Å². The molecule has 7 nitrogen and oxygen atoms in total. The van der Waals surface area contributed by atoms with Crippen molar-refractivity contribution in [1.29, 1.82) is 0 Å². The number of unbranched alkanes of at least 4 members (excludes halogenated alkanes) is 1. The molecule has 120 valence electrons. The van der Waals surface area contributed by atoms with E-state index in [2.05, 4.69) is 0 Å². The number of carboxylic acids is 1. The van der Waals surface area contributed by atoms with Gasteiger partial charge in [0.15, 0.2) is 5.25 Å². The Labute approximate surface area is 168 Å². The van der Waals surface area contributed by atoms with Gasteiger partial charge in [-0.2, -0.15) is 8.42 Å². The molecule has 0 aliphatic rings. The predicted molar refractivity (Wildman–Crippen MR) is 79.0 cm³/mol. The monoisotopic (exact) mass is 350 g/mol. The van der Waals surface area contributed by atoms with Gasteiger partial charge in [0.25, 0.3) is 10.1 Å². The van der Waals surface area contributed by atoms with Crippen LogP contribution in [0.25, 0.3) is 0 Å². The van der Waals surface area contributed by atoms with Crippen LogP contribution in [0.4, 0.5) is 0 Å². The van der Waals surface area contributed by atoms with Crippen LogP contribution in [0, 0.1) is 5.92 Å². The van der Waals surface area contributed by atoms with Crippen LogP contribution < -0.4 is 0 Å². The fourth-order valence-corrected chi connectivity index (χ4v) is 2.32. The van der Waals surface area contributed by atoms with Crippen molar-refractivity contribution in [1.82, 2.24) is 0 Å². The molecule has 0 rings (SSSR count). The number of ether oxygens (including phenoxy) is 1. The Kier molecular flexibility index (Phi) is 13.5. The molecule has 0 aromatic heterocycles. The van der Waals surface area contributed by atoms with Crippen LogP contribution in [0.3, 0.4) is 0 Å². The molecular weight excluding hydrogens is 327 g/mol. The van der Waals surface area contributed by atoms with Gasteiger partial charge in [-0.1, -0.05) is 33.1 Å². The van der Waals surface area contributed by atoms with E-state index in [1.54, 1.807) is 0 Å². The summed E-state index contributed by atoms with van der Waals surface area (Å²) >= 11 is 0. The molecule has 21 heavy (non-hydrogen) atoms. The van der Waals surface area contributed by atoms with Crippen LogP contribution in [-0.2, 0) is 24.4 Å². The first-order chi connectivity index (χ1) is 9.22. The Balaban J connectivity index is 0. The zero-order chi connectivity index (χ0) is 15.8. The van der Waals surface area contributed by atoms with Crippen molar-refractivity contribution in [2.24, 2.45) is 5.92 Å². The van der Waals surface area contributed by atoms with Gasteiger partial charge in [0, 0.05) is 0 Å². The van der Waals surface area contributed by atoms with Crippen LogP contribution in [0.1, 0.15) is 46.0 Å². The van der Waals surface area contributed by atoms with Crippen molar-refractivity contribution in [3.8, 4) is 0 Å². The van der Waals surface area contributed by atoms with Gasteiger partial charge in [-0.05, 0) is 12.3 Å². The Morgan fingerprint density at radius 1 is 1.24 bits per heavy atom. The summed E-state index contributed by atoms with van der Waals surface area (Å²) < 4.78 is 35.7. The van der Waals surface area contributed by atoms with Gasteiger partial charge in [-0.25, -0.2) is 0 Å². The van der Waals surface area contributed by atoms with Crippen molar-refractivity contribution < 1.29 is 32.4 Å². The van der Waals surface area contributed by atoms with E-state index >= 15 is 0 Å². The number of carboxylic acid groups (broad SMARTS) is 1. The van der Waals surface area contributed by atoms with E-state index in [-0.39, 0.29) is 63.9 Å². The van der Waals surface area contributed by atoms with Gasteiger partial charge in [-0.3, -0.25) is 14.1 Å². The van der Waals surface area contributed by atoms with Crippen molar-refractivity contribution in [3.05, 3.63) is 0 Å². The molecule has 0 saturated heterocycles. The molecule has 0 spiro atoms. The normalized spacial score (nSPS) is 13.9. The SMILES string of the molecule is CCCCC(CC)COC(=O)C(CC(=O)O)S(=O)(=O)O.[KH]. The number of hydrogen-bond acceptors (Lipinski definition) is 5. The van der Waals surface area contributed by atoms with Crippen LogP contribution in [0.5, 0.6) is 0 Å². The van der Waals surface area contributed by atoms with E-state index in [4.69, 9.17) is 14.4 Å². The van der Waals surface area contributed by atoms with Crippen molar-refractivity contribution in [2.75, 3.05) is 6.61 Å². The Morgan fingerprint density at radius 3 is 2.19 bits per heavy atom. The number of esters is 1. The molecule has 0 aromatic carbocycles. The molecule has 0 saturated carbocycles. The van der Waals surface area contributed by atoms with Gasteiger partial charge in [0.05, 0.1) is 13.0 Å². The number of aliphatic carboxylic acids is 1. The average molecular weight is 350 g/mol. The third-order valence-electron chi connectivity index (χ3n) is 2.99. The van der Waals surface area contributed by atoms with E-state index in [1.165, 1.54) is 0 Å². The predicted octanol–water partition coefficient (Wildman–Crippen LogP) is 0.829. The summed E-state index contributed by atoms with van der Waals surface area (Å²) in [5, 5.41) is 6.49. The van der Waals surface area contributed by atoms with Crippen molar-refractivity contribution >= 4 is 73.4 Å². The topological polar surface area (TPSA) is 118 Å². The minimum absolute atomic E-state index is 0. The van der Waals surface area contributed by atoms with Crippen molar-refractivity contribution in [3.63, 3.8) is 0 Å². The molecule has 2 unspecified atom stereocenters. The second-order valence-electron chi connectivity index (χ2n) is 4.65.